The molecule has 5 rings (SSSR count). The molecule has 3 aromatic carbocycles. The number of carbonyl (C=O) groups excluding carboxylic acids is 1. The molecule has 0 spiro atoms. The van der Waals surface area contributed by atoms with E-state index < -0.39 is 17.5 Å². The van der Waals surface area contributed by atoms with E-state index in [2.05, 4.69) is 11.6 Å². The number of carbonyl (C=O) groups is 1. The fourth-order valence-corrected chi connectivity index (χ4v) is 4.15. The molecule has 0 aliphatic heterocycles. The van der Waals surface area contributed by atoms with Gasteiger partial charge in [0.2, 0.25) is 0 Å². The molecule has 2 aromatic heterocycles. The summed E-state index contributed by atoms with van der Waals surface area (Å²) in [5.74, 6) is -3.14. The van der Waals surface area contributed by atoms with E-state index in [4.69, 9.17) is 4.74 Å². The lowest BCUT2D eigenvalue weighted by atomic mass is 10.1. The maximum atomic E-state index is 13.9. The first-order valence-corrected chi connectivity index (χ1v) is 11.5. The summed E-state index contributed by atoms with van der Waals surface area (Å²) in [5, 5.41) is 0. The fourth-order valence-electron chi connectivity index (χ4n) is 4.15. The smallest absolute Gasteiger partial charge is 0.338 e. The van der Waals surface area contributed by atoms with Crippen molar-refractivity contribution in [3.8, 4) is 17.1 Å². The number of ketones is 1. The van der Waals surface area contributed by atoms with Gasteiger partial charge in [-0.2, -0.15) is 0 Å². The monoisotopic (exact) mass is 515 g/mol. The van der Waals surface area contributed by atoms with Crippen LogP contribution in [0.4, 0.5) is 13.2 Å². The first-order valence-electron chi connectivity index (χ1n) is 11.5. The summed E-state index contributed by atoms with van der Waals surface area (Å²) in [7, 11) is 0. The van der Waals surface area contributed by atoms with E-state index in [1.165, 1.54) is 15.2 Å². The third-order valence-corrected chi connectivity index (χ3v) is 6.00. The van der Waals surface area contributed by atoms with E-state index >= 15 is 0 Å². The molecule has 9 heteroatoms. The van der Waals surface area contributed by atoms with Gasteiger partial charge in [0, 0.05) is 24.2 Å². The second kappa shape index (κ2) is 10.2. The molecule has 2 heterocycles. The van der Waals surface area contributed by atoms with Crippen molar-refractivity contribution in [1.29, 1.82) is 0 Å². The molecule has 190 valence electrons. The highest BCUT2D eigenvalue weighted by molar-refractivity contribution is 5.91. The molecule has 0 unspecified atom stereocenters. The average Bonchev–Trinajstić information content (AvgIpc) is 3.22. The Balaban J connectivity index is 1.48. The second-order valence-electron chi connectivity index (χ2n) is 8.48. The van der Waals surface area contributed by atoms with Crippen LogP contribution in [0.1, 0.15) is 11.1 Å². The molecule has 0 amide bonds. The fraction of sp³-hybridized carbons (Fsp3) is 0.0690. The van der Waals surface area contributed by atoms with E-state index in [1.54, 1.807) is 60.9 Å². The van der Waals surface area contributed by atoms with Gasteiger partial charge in [-0.3, -0.25) is 18.9 Å². The number of fused-ring (bicyclic) bond motifs is 1. The number of hydrogen-bond acceptors (Lipinski definition) is 4. The first kappa shape index (κ1) is 24.8. The van der Waals surface area contributed by atoms with Crippen LogP contribution in [0.5, 0.6) is 5.75 Å². The number of pyridine rings is 1. The van der Waals surface area contributed by atoms with E-state index in [9.17, 15) is 22.8 Å². The van der Waals surface area contributed by atoms with Crippen molar-refractivity contribution in [1.82, 2.24) is 14.1 Å². The number of imidazole rings is 1. The third kappa shape index (κ3) is 4.73. The van der Waals surface area contributed by atoms with Gasteiger partial charge in [0.1, 0.15) is 18.2 Å². The minimum atomic E-state index is -1.27. The van der Waals surface area contributed by atoms with E-state index in [1.807, 2.05) is 6.07 Å². The zero-order valence-corrected chi connectivity index (χ0v) is 19.9. The van der Waals surface area contributed by atoms with Crippen LogP contribution in [0.2, 0.25) is 0 Å². The van der Waals surface area contributed by atoms with Crippen LogP contribution in [0.25, 0.3) is 22.4 Å². The highest BCUT2D eigenvalue weighted by Gasteiger charge is 2.17. The number of rotatable bonds is 8. The number of aromatic nitrogens is 3. The van der Waals surface area contributed by atoms with Crippen LogP contribution < -0.4 is 10.4 Å². The Bertz CT molecular complexity index is 1740. The Morgan fingerprint density at radius 1 is 0.895 bits per heavy atom. The van der Waals surface area contributed by atoms with Gasteiger partial charge >= 0.3 is 5.69 Å². The largest absolute Gasteiger partial charge is 0.489 e. The lowest BCUT2D eigenvalue weighted by Crippen LogP contribution is -2.22. The Hall–Kier alpha value is -4.92. The first-order chi connectivity index (χ1) is 18.4. The van der Waals surface area contributed by atoms with Crippen molar-refractivity contribution in [3.63, 3.8) is 0 Å². The van der Waals surface area contributed by atoms with Gasteiger partial charge in [0.25, 0.3) is 0 Å². The zero-order valence-electron chi connectivity index (χ0n) is 19.9. The average molecular weight is 515 g/mol. The molecule has 0 fully saturated rings. The van der Waals surface area contributed by atoms with Crippen LogP contribution in [0.3, 0.4) is 0 Å². The van der Waals surface area contributed by atoms with Crippen molar-refractivity contribution in [3.05, 3.63) is 131 Å². The standard InChI is InChI=1S/C29H20F3N3O3/c1-2-22(36)13-18-4-3-5-21(12-18)35-27-10-11-33-16-28(27)34(29(35)37)20-6-8-23(9-7-20)38-17-19-14-25(31)26(32)15-24(19)30/h2-12,14-16H,1,13,17H2. The molecule has 0 saturated heterocycles. The molecule has 0 bridgehead atoms. The number of ether oxygens (including phenoxy) is 1. The zero-order chi connectivity index (χ0) is 26.8. The highest BCUT2D eigenvalue weighted by atomic mass is 19.2. The molecule has 5 aromatic rings. The number of benzene rings is 3. The minimum Gasteiger partial charge on any atom is -0.489 e. The number of nitrogens with zero attached hydrogens (tertiary/aromatic N) is 3. The van der Waals surface area contributed by atoms with Gasteiger partial charge in [-0.25, -0.2) is 18.0 Å². The van der Waals surface area contributed by atoms with Crippen molar-refractivity contribution >= 4 is 16.8 Å². The topological polar surface area (TPSA) is 66.1 Å². The quantitative estimate of drug-likeness (QED) is 0.203. The summed E-state index contributed by atoms with van der Waals surface area (Å²) < 4.78 is 49.1. The van der Waals surface area contributed by atoms with Gasteiger partial charge in [-0.15, -0.1) is 0 Å². The van der Waals surface area contributed by atoms with Crippen LogP contribution >= 0.6 is 0 Å². The lowest BCUT2D eigenvalue weighted by molar-refractivity contribution is -0.114. The highest BCUT2D eigenvalue weighted by Crippen LogP contribution is 2.23. The van der Waals surface area contributed by atoms with Crippen LogP contribution in [-0.2, 0) is 17.8 Å². The SMILES string of the molecule is C=CC(=O)Cc1cccc(-n2c(=O)n(-c3ccc(OCc4cc(F)c(F)cc4F)cc3)c3cnccc32)c1. The Kier molecular flexibility index (Phi) is 6.66. The predicted octanol–water partition coefficient (Wildman–Crippen LogP) is 5.47. The molecule has 0 aliphatic rings. The van der Waals surface area contributed by atoms with E-state index in [-0.39, 0.29) is 30.1 Å². The third-order valence-electron chi connectivity index (χ3n) is 6.00. The summed E-state index contributed by atoms with van der Waals surface area (Å²) in [6.45, 7) is 3.19. The van der Waals surface area contributed by atoms with Crippen LogP contribution in [0, 0.1) is 17.5 Å². The number of allylic oxidation sites excluding steroid dienone is 1. The van der Waals surface area contributed by atoms with Crippen molar-refractivity contribution in [2.24, 2.45) is 0 Å². The van der Waals surface area contributed by atoms with Gasteiger partial charge < -0.3 is 4.74 Å². The lowest BCUT2D eigenvalue weighted by Gasteiger charge is -2.09. The summed E-state index contributed by atoms with van der Waals surface area (Å²) in [4.78, 5) is 29.7. The normalized spacial score (nSPS) is 11.0. The summed E-state index contributed by atoms with van der Waals surface area (Å²) in [6, 6.07) is 16.6. The Labute approximate surface area is 214 Å². The predicted molar refractivity (Wildman–Crippen MR) is 136 cm³/mol. The molecular formula is C29H20F3N3O3. The summed E-state index contributed by atoms with van der Waals surface area (Å²) in [5.41, 5.74) is 2.55. The van der Waals surface area contributed by atoms with Crippen LogP contribution in [0.15, 0.2) is 96.6 Å². The molecule has 0 radical (unpaired) electrons. The van der Waals surface area contributed by atoms with E-state index in [0.29, 0.717) is 34.2 Å². The maximum absolute atomic E-state index is 13.9. The van der Waals surface area contributed by atoms with Gasteiger partial charge in [0.05, 0.1) is 28.6 Å². The van der Waals surface area contributed by atoms with Crippen molar-refractivity contribution in [2.75, 3.05) is 0 Å². The summed E-state index contributed by atoms with van der Waals surface area (Å²) >= 11 is 0. The molecule has 0 N–H and O–H groups in total. The minimum absolute atomic E-state index is 0.129. The van der Waals surface area contributed by atoms with Gasteiger partial charge in [-0.1, -0.05) is 18.7 Å². The summed E-state index contributed by atoms with van der Waals surface area (Å²) in [6.07, 6.45) is 4.59. The number of hydrogen-bond donors (Lipinski definition) is 0. The van der Waals surface area contributed by atoms with Crippen LogP contribution in [-0.4, -0.2) is 19.9 Å². The second-order valence-corrected chi connectivity index (χ2v) is 8.48. The van der Waals surface area contributed by atoms with Gasteiger partial charge in [-0.05, 0) is 60.2 Å². The Morgan fingerprint density at radius 2 is 1.63 bits per heavy atom. The molecule has 0 aliphatic carbocycles. The molecule has 6 nitrogen and oxygen atoms in total. The Morgan fingerprint density at radius 3 is 2.39 bits per heavy atom. The molecule has 0 atom stereocenters. The molecule has 38 heavy (non-hydrogen) atoms. The molecule has 0 saturated carbocycles. The van der Waals surface area contributed by atoms with Crippen molar-refractivity contribution in [2.45, 2.75) is 13.0 Å². The van der Waals surface area contributed by atoms with E-state index in [0.717, 1.165) is 11.6 Å². The maximum Gasteiger partial charge on any atom is 0.338 e. The van der Waals surface area contributed by atoms with Gasteiger partial charge in [0.15, 0.2) is 17.4 Å². The molecular weight excluding hydrogens is 495 g/mol. The number of halogens is 3. The van der Waals surface area contributed by atoms with Crippen molar-refractivity contribution < 1.29 is 22.7 Å².